The van der Waals surface area contributed by atoms with Crippen LogP contribution in [-0.2, 0) is 0 Å². The van der Waals surface area contributed by atoms with E-state index in [0.717, 1.165) is 26.1 Å². The average Bonchev–Trinajstić information content (AvgIpc) is 2.47. The summed E-state index contributed by atoms with van der Waals surface area (Å²) in [7, 11) is 0. The summed E-state index contributed by atoms with van der Waals surface area (Å²) in [6, 6.07) is 9.86. The molecule has 2 rings (SSSR count). The van der Waals surface area contributed by atoms with E-state index in [2.05, 4.69) is 61.8 Å². The number of piperidine rings is 1. The minimum Gasteiger partial charge on any atom is -0.372 e. The molecular weight excluding hydrogens is 246 g/mol. The summed E-state index contributed by atoms with van der Waals surface area (Å²) in [5.74, 6) is 0.547. The molecular formula is C17H29N3. The Morgan fingerprint density at radius 3 is 2.30 bits per heavy atom. The molecule has 3 atom stereocenters. The van der Waals surface area contributed by atoms with Crippen LogP contribution in [0.2, 0.25) is 0 Å². The quantitative estimate of drug-likeness (QED) is 0.916. The van der Waals surface area contributed by atoms with Gasteiger partial charge < -0.3 is 15.5 Å². The Morgan fingerprint density at radius 1 is 1.15 bits per heavy atom. The molecule has 3 nitrogen and oxygen atoms in total. The lowest BCUT2D eigenvalue weighted by Gasteiger charge is -2.43. The van der Waals surface area contributed by atoms with Gasteiger partial charge in [-0.1, -0.05) is 6.92 Å². The van der Waals surface area contributed by atoms with Crippen LogP contribution in [-0.4, -0.2) is 31.7 Å². The zero-order valence-corrected chi connectivity index (χ0v) is 13.3. The molecule has 2 N–H and O–H groups in total. The van der Waals surface area contributed by atoms with E-state index in [1.54, 1.807) is 0 Å². The summed E-state index contributed by atoms with van der Waals surface area (Å²) in [6.45, 7) is 12.1. The number of hydrogen-bond donors (Lipinski definition) is 1. The van der Waals surface area contributed by atoms with E-state index >= 15 is 0 Å². The van der Waals surface area contributed by atoms with Gasteiger partial charge >= 0.3 is 0 Å². The second-order valence-electron chi connectivity index (χ2n) is 5.93. The van der Waals surface area contributed by atoms with Crippen molar-refractivity contribution >= 4 is 11.4 Å². The largest absolute Gasteiger partial charge is 0.372 e. The van der Waals surface area contributed by atoms with Crippen LogP contribution in [0.5, 0.6) is 0 Å². The fourth-order valence-electron chi connectivity index (χ4n) is 3.20. The highest BCUT2D eigenvalue weighted by molar-refractivity contribution is 5.57. The third-order valence-corrected chi connectivity index (χ3v) is 4.94. The van der Waals surface area contributed by atoms with Crippen LogP contribution < -0.4 is 15.5 Å². The number of benzene rings is 1. The Balaban J connectivity index is 2.14. The van der Waals surface area contributed by atoms with Crippen LogP contribution in [0.1, 0.15) is 34.1 Å². The minimum absolute atomic E-state index is 0.344. The van der Waals surface area contributed by atoms with Gasteiger partial charge in [-0.15, -0.1) is 0 Å². The van der Waals surface area contributed by atoms with Gasteiger partial charge in [-0.05, 0) is 57.4 Å². The monoisotopic (exact) mass is 275 g/mol. The molecule has 3 unspecified atom stereocenters. The lowest BCUT2D eigenvalue weighted by Crippen LogP contribution is -2.51. The van der Waals surface area contributed by atoms with Crippen molar-refractivity contribution in [2.24, 2.45) is 11.7 Å². The molecule has 0 bridgehead atoms. The van der Waals surface area contributed by atoms with Crippen LogP contribution in [0.15, 0.2) is 24.3 Å². The highest BCUT2D eigenvalue weighted by atomic mass is 15.2. The van der Waals surface area contributed by atoms with Crippen molar-refractivity contribution < 1.29 is 0 Å². The molecule has 1 aliphatic heterocycles. The number of nitrogens with two attached hydrogens (primary N) is 1. The van der Waals surface area contributed by atoms with Crippen molar-refractivity contribution in [3.63, 3.8) is 0 Å². The minimum atomic E-state index is 0.344. The molecule has 0 aromatic heterocycles. The smallest absolute Gasteiger partial charge is 0.0370 e. The fraction of sp³-hybridized carbons (Fsp3) is 0.647. The third-order valence-electron chi connectivity index (χ3n) is 4.94. The van der Waals surface area contributed by atoms with Crippen molar-refractivity contribution in [2.75, 3.05) is 29.4 Å². The molecule has 20 heavy (non-hydrogen) atoms. The van der Waals surface area contributed by atoms with Gasteiger partial charge in [0.1, 0.15) is 0 Å². The summed E-state index contributed by atoms with van der Waals surface area (Å²) < 4.78 is 0. The predicted molar refractivity (Wildman–Crippen MR) is 88.6 cm³/mol. The van der Waals surface area contributed by atoms with Crippen molar-refractivity contribution in [1.82, 2.24) is 0 Å². The van der Waals surface area contributed by atoms with Crippen molar-refractivity contribution in [1.29, 1.82) is 0 Å². The maximum atomic E-state index is 6.18. The molecule has 1 aromatic rings. The first-order chi connectivity index (χ1) is 9.58. The van der Waals surface area contributed by atoms with Gasteiger partial charge in [-0.25, -0.2) is 0 Å². The molecule has 0 radical (unpaired) electrons. The van der Waals surface area contributed by atoms with E-state index in [-0.39, 0.29) is 0 Å². The molecule has 0 spiro atoms. The Kier molecular flexibility index (Phi) is 4.92. The Bertz CT molecular complexity index is 411. The lowest BCUT2D eigenvalue weighted by atomic mass is 9.87. The standard InChI is InChI=1S/C17H29N3/c1-5-19(6-2)15-7-9-16(10-8-15)20-12-11-17(18)13(3)14(20)4/h7-10,13-14,17H,5-6,11-12,18H2,1-4H3. The number of rotatable bonds is 4. The normalized spacial score (nSPS) is 26.6. The summed E-state index contributed by atoms with van der Waals surface area (Å²) in [6.07, 6.45) is 1.09. The number of anilines is 2. The van der Waals surface area contributed by atoms with Gasteiger partial charge in [0.25, 0.3) is 0 Å². The van der Waals surface area contributed by atoms with Crippen LogP contribution in [0.4, 0.5) is 11.4 Å². The first kappa shape index (κ1) is 15.2. The third kappa shape index (κ3) is 2.93. The summed E-state index contributed by atoms with van der Waals surface area (Å²) in [5, 5.41) is 0. The highest BCUT2D eigenvalue weighted by Gasteiger charge is 2.30. The summed E-state index contributed by atoms with van der Waals surface area (Å²) in [4.78, 5) is 4.88. The van der Waals surface area contributed by atoms with E-state index in [4.69, 9.17) is 5.73 Å². The maximum Gasteiger partial charge on any atom is 0.0370 e. The van der Waals surface area contributed by atoms with Gasteiger partial charge in [0.15, 0.2) is 0 Å². The van der Waals surface area contributed by atoms with Gasteiger partial charge in [0, 0.05) is 43.1 Å². The molecule has 1 fully saturated rings. The second-order valence-corrected chi connectivity index (χ2v) is 5.93. The fourth-order valence-corrected chi connectivity index (χ4v) is 3.20. The average molecular weight is 275 g/mol. The second kappa shape index (κ2) is 6.49. The van der Waals surface area contributed by atoms with Crippen LogP contribution in [0.3, 0.4) is 0 Å². The van der Waals surface area contributed by atoms with Crippen LogP contribution in [0, 0.1) is 5.92 Å². The molecule has 1 heterocycles. The molecule has 112 valence electrons. The summed E-state index contributed by atoms with van der Waals surface area (Å²) >= 11 is 0. The number of nitrogens with zero attached hydrogens (tertiary/aromatic N) is 2. The molecule has 1 saturated heterocycles. The van der Waals surface area contributed by atoms with Crippen molar-refractivity contribution in [3.05, 3.63) is 24.3 Å². The Labute approximate surface area is 123 Å². The van der Waals surface area contributed by atoms with Crippen LogP contribution in [0.25, 0.3) is 0 Å². The van der Waals surface area contributed by atoms with Gasteiger partial charge in [-0.3, -0.25) is 0 Å². The number of hydrogen-bond acceptors (Lipinski definition) is 3. The van der Waals surface area contributed by atoms with E-state index < -0.39 is 0 Å². The zero-order chi connectivity index (χ0) is 14.7. The highest BCUT2D eigenvalue weighted by Crippen LogP contribution is 2.29. The molecule has 0 saturated carbocycles. The van der Waals surface area contributed by atoms with E-state index in [1.807, 2.05) is 0 Å². The molecule has 1 aliphatic rings. The van der Waals surface area contributed by atoms with Gasteiger partial charge in [0.2, 0.25) is 0 Å². The van der Waals surface area contributed by atoms with E-state index in [1.165, 1.54) is 11.4 Å². The van der Waals surface area contributed by atoms with Crippen LogP contribution >= 0.6 is 0 Å². The zero-order valence-electron chi connectivity index (χ0n) is 13.3. The SMILES string of the molecule is CCN(CC)c1ccc(N2CCC(N)C(C)C2C)cc1. The Hall–Kier alpha value is -1.22. The van der Waals surface area contributed by atoms with E-state index in [0.29, 0.717) is 18.0 Å². The molecule has 0 aliphatic carbocycles. The molecule has 3 heteroatoms. The summed E-state index contributed by atoms with van der Waals surface area (Å²) in [5.41, 5.74) is 8.81. The van der Waals surface area contributed by atoms with Gasteiger partial charge in [0.05, 0.1) is 0 Å². The molecule has 0 amide bonds. The molecule has 1 aromatic carbocycles. The lowest BCUT2D eigenvalue weighted by molar-refractivity contribution is 0.315. The van der Waals surface area contributed by atoms with Crippen molar-refractivity contribution in [2.45, 2.75) is 46.2 Å². The maximum absolute atomic E-state index is 6.18. The van der Waals surface area contributed by atoms with Crippen molar-refractivity contribution in [3.8, 4) is 0 Å². The predicted octanol–water partition coefficient (Wildman–Crippen LogP) is 3.09. The van der Waals surface area contributed by atoms with E-state index in [9.17, 15) is 0 Å². The first-order valence-corrected chi connectivity index (χ1v) is 7.95. The first-order valence-electron chi connectivity index (χ1n) is 7.95. The Morgan fingerprint density at radius 2 is 1.75 bits per heavy atom. The topological polar surface area (TPSA) is 32.5 Å². The van der Waals surface area contributed by atoms with Gasteiger partial charge in [-0.2, -0.15) is 0 Å².